The van der Waals surface area contributed by atoms with Gasteiger partial charge in [-0.2, -0.15) is 0 Å². The number of likely N-dealkylation sites (N-methyl/N-ethyl adjacent to an activating group) is 1. The highest BCUT2D eigenvalue weighted by Gasteiger charge is 2.21. The highest BCUT2D eigenvalue weighted by molar-refractivity contribution is 5.35. The van der Waals surface area contributed by atoms with Crippen molar-refractivity contribution in [2.45, 2.75) is 52.1 Å². The predicted octanol–water partition coefficient (Wildman–Crippen LogP) is 6.56. The van der Waals surface area contributed by atoms with Crippen molar-refractivity contribution in [3.8, 4) is 0 Å². The molecule has 4 heteroatoms. The van der Waals surface area contributed by atoms with Crippen molar-refractivity contribution < 1.29 is 13.5 Å². The SMILES string of the molecule is Cc1cccc(C)c1C(CN(C)CC1CC=CCC1)OCCCc1ccc(F)cc1F. The molecule has 2 nitrogen and oxygen atoms in total. The van der Waals surface area contributed by atoms with E-state index in [1.807, 2.05) is 0 Å². The molecule has 2 aromatic rings. The number of allylic oxidation sites excluding steroid dienone is 2. The van der Waals surface area contributed by atoms with E-state index in [1.165, 1.54) is 41.7 Å². The summed E-state index contributed by atoms with van der Waals surface area (Å²) in [5.41, 5.74) is 4.27. The molecule has 0 radical (unpaired) electrons. The zero-order chi connectivity index (χ0) is 22.2. The molecule has 0 N–H and O–H groups in total. The molecule has 0 aromatic heterocycles. The normalized spacial score (nSPS) is 17.3. The molecular formula is C27H35F2NO. The van der Waals surface area contributed by atoms with Gasteiger partial charge < -0.3 is 9.64 Å². The third kappa shape index (κ3) is 6.98. The van der Waals surface area contributed by atoms with Crippen molar-refractivity contribution in [1.29, 1.82) is 0 Å². The summed E-state index contributed by atoms with van der Waals surface area (Å²) >= 11 is 0. The first-order valence-electron chi connectivity index (χ1n) is 11.4. The lowest BCUT2D eigenvalue weighted by Crippen LogP contribution is -2.32. The maximum Gasteiger partial charge on any atom is 0.129 e. The monoisotopic (exact) mass is 427 g/mol. The highest BCUT2D eigenvalue weighted by Crippen LogP contribution is 2.27. The molecule has 1 aliphatic rings. The fraction of sp³-hybridized carbons (Fsp3) is 0.481. The van der Waals surface area contributed by atoms with Gasteiger partial charge in [0, 0.05) is 25.8 Å². The van der Waals surface area contributed by atoms with E-state index in [9.17, 15) is 8.78 Å². The van der Waals surface area contributed by atoms with Gasteiger partial charge in [-0.15, -0.1) is 0 Å². The van der Waals surface area contributed by atoms with Gasteiger partial charge in [0.2, 0.25) is 0 Å². The first-order chi connectivity index (χ1) is 14.9. The Morgan fingerprint density at radius 1 is 1.10 bits per heavy atom. The van der Waals surface area contributed by atoms with Crippen LogP contribution in [0, 0.1) is 31.4 Å². The van der Waals surface area contributed by atoms with Gasteiger partial charge in [0.25, 0.3) is 0 Å². The van der Waals surface area contributed by atoms with E-state index >= 15 is 0 Å². The van der Waals surface area contributed by atoms with Crippen LogP contribution < -0.4 is 0 Å². The van der Waals surface area contributed by atoms with Crippen molar-refractivity contribution in [2.75, 3.05) is 26.7 Å². The third-order valence-corrected chi connectivity index (χ3v) is 6.21. The maximum atomic E-state index is 13.9. The largest absolute Gasteiger partial charge is 0.372 e. The minimum atomic E-state index is -0.538. The summed E-state index contributed by atoms with van der Waals surface area (Å²) in [6.45, 7) is 6.71. The van der Waals surface area contributed by atoms with Crippen LogP contribution in [0.4, 0.5) is 8.78 Å². The van der Waals surface area contributed by atoms with Gasteiger partial charge >= 0.3 is 0 Å². The number of aryl methyl sites for hydroxylation is 3. The summed E-state index contributed by atoms with van der Waals surface area (Å²) in [6, 6.07) is 10.1. The van der Waals surface area contributed by atoms with Crippen LogP contribution in [-0.2, 0) is 11.2 Å². The Kier molecular flexibility index (Phi) is 8.79. The van der Waals surface area contributed by atoms with Crippen LogP contribution in [0.2, 0.25) is 0 Å². The quantitative estimate of drug-likeness (QED) is 0.314. The minimum absolute atomic E-state index is 0.0246. The van der Waals surface area contributed by atoms with Crippen molar-refractivity contribution in [1.82, 2.24) is 4.90 Å². The Balaban J connectivity index is 1.62. The molecule has 0 fully saturated rings. The molecule has 0 saturated carbocycles. The second-order valence-corrected chi connectivity index (χ2v) is 8.88. The van der Waals surface area contributed by atoms with Crippen LogP contribution in [0.5, 0.6) is 0 Å². The third-order valence-electron chi connectivity index (χ3n) is 6.21. The number of hydrogen-bond acceptors (Lipinski definition) is 2. The summed E-state index contributed by atoms with van der Waals surface area (Å²) in [5, 5.41) is 0. The van der Waals surface area contributed by atoms with Gasteiger partial charge in [-0.3, -0.25) is 0 Å². The summed E-state index contributed by atoms with van der Waals surface area (Å²) in [5.74, 6) is -0.313. The van der Waals surface area contributed by atoms with E-state index in [2.05, 4.69) is 56.1 Å². The van der Waals surface area contributed by atoms with E-state index in [-0.39, 0.29) is 6.10 Å². The van der Waals surface area contributed by atoms with Crippen molar-refractivity contribution in [2.24, 2.45) is 5.92 Å². The lowest BCUT2D eigenvalue weighted by atomic mass is 9.93. The highest BCUT2D eigenvalue weighted by atomic mass is 19.1. The lowest BCUT2D eigenvalue weighted by Gasteiger charge is -2.30. The van der Waals surface area contributed by atoms with Crippen LogP contribution in [0.15, 0.2) is 48.6 Å². The molecule has 0 aliphatic heterocycles. The number of ether oxygens (including phenoxy) is 1. The van der Waals surface area contributed by atoms with Gasteiger partial charge in [0.1, 0.15) is 11.6 Å². The predicted molar refractivity (Wildman–Crippen MR) is 123 cm³/mol. The molecule has 0 amide bonds. The Morgan fingerprint density at radius 2 is 1.87 bits per heavy atom. The van der Waals surface area contributed by atoms with Crippen molar-refractivity contribution >= 4 is 0 Å². The first kappa shape index (κ1) is 23.6. The second-order valence-electron chi connectivity index (χ2n) is 8.88. The summed E-state index contributed by atoms with van der Waals surface area (Å²) in [4.78, 5) is 2.39. The standard InChI is InChI=1S/C27H35F2NO/c1-20-9-7-10-21(2)27(20)26(19-30(3)18-22-11-5-4-6-12-22)31-16-8-13-23-14-15-24(28)17-25(23)29/h4-5,7,9-10,14-15,17,22,26H,6,8,11-13,16,18-19H2,1-3H3. The Morgan fingerprint density at radius 3 is 2.55 bits per heavy atom. The van der Waals surface area contributed by atoms with E-state index in [0.717, 1.165) is 25.6 Å². The molecular weight excluding hydrogens is 392 g/mol. The fourth-order valence-corrected chi connectivity index (χ4v) is 4.60. The molecule has 0 bridgehead atoms. The first-order valence-corrected chi connectivity index (χ1v) is 11.4. The maximum absolute atomic E-state index is 13.9. The molecule has 31 heavy (non-hydrogen) atoms. The Hall–Kier alpha value is -2.04. The van der Waals surface area contributed by atoms with Crippen LogP contribution in [0.1, 0.15) is 54.0 Å². The van der Waals surface area contributed by atoms with E-state index in [0.29, 0.717) is 30.9 Å². The summed E-state index contributed by atoms with van der Waals surface area (Å²) in [7, 11) is 2.18. The molecule has 2 unspecified atom stereocenters. The van der Waals surface area contributed by atoms with Gasteiger partial charge in [0.15, 0.2) is 0 Å². The van der Waals surface area contributed by atoms with E-state index in [1.54, 1.807) is 0 Å². The minimum Gasteiger partial charge on any atom is -0.372 e. The van der Waals surface area contributed by atoms with Crippen LogP contribution in [0.3, 0.4) is 0 Å². The molecule has 0 saturated heterocycles. The van der Waals surface area contributed by atoms with E-state index in [4.69, 9.17) is 4.74 Å². The molecule has 168 valence electrons. The van der Waals surface area contributed by atoms with Crippen molar-refractivity contribution in [3.05, 3.63) is 82.4 Å². The van der Waals surface area contributed by atoms with Gasteiger partial charge in [-0.05, 0) is 87.2 Å². The molecule has 0 heterocycles. The van der Waals surface area contributed by atoms with E-state index < -0.39 is 11.6 Å². The molecule has 2 atom stereocenters. The number of nitrogens with zero attached hydrogens (tertiary/aromatic N) is 1. The van der Waals surface area contributed by atoms with Crippen molar-refractivity contribution in [3.63, 3.8) is 0 Å². The summed E-state index contributed by atoms with van der Waals surface area (Å²) in [6.07, 6.45) is 9.37. The fourth-order valence-electron chi connectivity index (χ4n) is 4.60. The zero-order valence-electron chi connectivity index (χ0n) is 19.0. The lowest BCUT2D eigenvalue weighted by molar-refractivity contribution is 0.0251. The number of halogens is 2. The van der Waals surface area contributed by atoms with Crippen LogP contribution in [0.25, 0.3) is 0 Å². The smallest absolute Gasteiger partial charge is 0.129 e. The Bertz CT molecular complexity index is 859. The van der Waals surface area contributed by atoms with Gasteiger partial charge in [-0.1, -0.05) is 36.4 Å². The molecule has 2 aromatic carbocycles. The average molecular weight is 428 g/mol. The molecule has 1 aliphatic carbocycles. The average Bonchev–Trinajstić information content (AvgIpc) is 2.72. The van der Waals surface area contributed by atoms with Gasteiger partial charge in [0.05, 0.1) is 6.10 Å². The van der Waals surface area contributed by atoms with Crippen LogP contribution in [-0.4, -0.2) is 31.6 Å². The number of hydrogen-bond donors (Lipinski definition) is 0. The van der Waals surface area contributed by atoms with Crippen LogP contribution >= 0.6 is 0 Å². The number of benzene rings is 2. The zero-order valence-corrected chi connectivity index (χ0v) is 19.0. The summed E-state index contributed by atoms with van der Waals surface area (Å²) < 4.78 is 33.4. The Labute approximate surface area is 185 Å². The van der Waals surface area contributed by atoms with Gasteiger partial charge in [-0.25, -0.2) is 8.78 Å². The second kappa shape index (κ2) is 11.5. The molecule has 0 spiro atoms. The number of rotatable bonds is 10. The topological polar surface area (TPSA) is 12.5 Å². The molecule has 3 rings (SSSR count).